The third kappa shape index (κ3) is 10.9. The Morgan fingerprint density at radius 1 is 0.736 bits per heavy atom. The molecule has 0 amide bonds. The van der Waals surface area contributed by atoms with Crippen molar-refractivity contribution in [1.82, 2.24) is 9.97 Å². The highest BCUT2D eigenvalue weighted by Gasteiger charge is 2.51. The number of esters is 2. The average molecular weight is 999 g/mol. The number of hydrogen-bond acceptors (Lipinski definition) is 13. The predicted octanol–water partition coefficient (Wildman–Crippen LogP) is 13.5. The van der Waals surface area contributed by atoms with Gasteiger partial charge in [-0.15, -0.1) is 0 Å². The number of hydrogen-bond donors (Lipinski definition) is 0. The summed E-state index contributed by atoms with van der Waals surface area (Å²) in [6, 6.07) is 41.8. The zero-order chi connectivity index (χ0) is 49.4. The van der Waals surface area contributed by atoms with Crippen molar-refractivity contribution in [3.05, 3.63) is 175 Å². The van der Waals surface area contributed by atoms with Crippen LogP contribution in [-0.4, -0.2) is 54.5 Å². The summed E-state index contributed by atoms with van der Waals surface area (Å²) in [5.41, 5.74) is 5.45. The smallest absolute Gasteiger partial charge is 0.330 e. The molecule has 3 atom stereocenters. The van der Waals surface area contributed by atoms with E-state index < -0.39 is 11.4 Å². The molecular formula is C58H51FN4O7S2. The van der Waals surface area contributed by atoms with Gasteiger partial charge in [0.15, 0.2) is 0 Å². The lowest BCUT2D eigenvalue weighted by atomic mass is 9.78. The molecule has 11 nitrogen and oxygen atoms in total. The first-order chi connectivity index (χ1) is 35.2. The second-order valence-electron chi connectivity index (χ2n) is 17.9. The van der Waals surface area contributed by atoms with Gasteiger partial charge in [-0.05, 0) is 121 Å². The number of anilines is 2. The average Bonchev–Trinajstić information content (AvgIpc) is 4.23. The molecule has 364 valence electrons. The topological polar surface area (TPSA) is 122 Å². The maximum Gasteiger partial charge on any atom is 0.330 e. The van der Waals surface area contributed by atoms with Gasteiger partial charge in [0.25, 0.3) is 0 Å². The Hall–Kier alpha value is -7.68. The lowest BCUT2D eigenvalue weighted by Crippen LogP contribution is -2.34. The van der Waals surface area contributed by atoms with E-state index in [0.717, 1.165) is 50.5 Å². The van der Waals surface area contributed by atoms with Crippen molar-refractivity contribution in [3.63, 3.8) is 0 Å². The lowest BCUT2D eigenvalue weighted by Gasteiger charge is -2.28. The molecule has 2 aliphatic carbocycles. The number of carbonyl (C=O) groups excluding carboxylic acids is 2. The van der Waals surface area contributed by atoms with Crippen LogP contribution in [0.4, 0.5) is 14.7 Å². The summed E-state index contributed by atoms with van der Waals surface area (Å²) < 4.78 is 47.1. The van der Waals surface area contributed by atoms with Crippen molar-refractivity contribution in [1.29, 1.82) is 0 Å². The molecule has 6 aromatic carbocycles. The van der Waals surface area contributed by atoms with Crippen LogP contribution in [0.1, 0.15) is 43.7 Å². The number of carbonyl (C=O) groups is 2. The number of aromatic nitrogens is 2. The molecule has 0 radical (unpaired) electrons. The van der Waals surface area contributed by atoms with Gasteiger partial charge in [0.1, 0.15) is 29.7 Å². The Morgan fingerprint density at radius 3 is 1.96 bits per heavy atom. The minimum Gasteiger partial charge on any atom is -0.493 e. The number of rotatable bonds is 21. The molecule has 8 aromatic rings. The molecule has 0 saturated heterocycles. The number of fused-ring (bicyclic) bond motifs is 4. The van der Waals surface area contributed by atoms with Crippen LogP contribution < -0.4 is 19.2 Å². The Labute approximate surface area is 424 Å². The molecule has 10 rings (SSSR count). The fourth-order valence-corrected chi connectivity index (χ4v) is 11.0. The molecule has 2 aromatic heterocycles. The summed E-state index contributed by atoms with van der Waals surface area (Å²) in [5, 5.41) is 8.12. The largest absolute Gasteiger partial charge is 0.493 e. The van der Waals surface area contributed by atoms with Crippen molar-refractivity contribution in [3.8, 4) is 39.5 Å². The number of hydrazone groups is 1. The van der Waals surface area contributed by atoms with Crippen LogP contribution in [0.2, 0.25) is 0 Å². The molecule has 3 unspecified atom stereocenters. The lowest BCUT2D eigenvalue weighted by molar-refractivity contribution is -0.156. The number of allylic oxidation sites excluding steroid dienone is 2. The first-order valence-electron chi connectivity index (χ1n) is 23.9. The number of para-hydroxylation sites is 2. The molecule has 2 bridgehead atoms. The van der Waals surface area contributed by atoms with E-state index in [2.05, 4.69) is 18.7 Å². The Morgan fingerprint density at radius 2 is 1.35 bits per heavy atom. The van der Waals surface area contributed by atoms with Crippen molar-refractivity contribution < 1.29 is 37.7 Å². The third-order valence-electron chi connectivity index (χ3n) is 12.9. The van der Waals surface area contributed by atoms with Gasteiger partial charge >= 0.3 is 11.9 Å². The van der Waals surface area contributed by atoms with Gasteiger partial charge in [0.2, 0.25) is 10.3 Å². The monoisotopic (exact) mass is 998 g/mol. The summed E-state index contributed by atoms with van der Waals surface area (Å²) >= 11 is 3.04. The summed E-state index contributed by atoms with van der Waals surface area (Å²) in [6.07, 6.45) is 10.3. The van der Waals surface area contributed by atoms with Crippen molar-refractivity contribution >= 4 is 71.5 Å². The standard InChI is InChI=1S/C58H51FN4O7S2/c1-3-54(64)68-30-8-28-67-46-24-17-40(18-25-46)47-26-19-42(34-48(47)59)41-20-27-51(70-37-38-15-22-45(23-16-38)66-29-9-31-69-55(65)58(2)35-39-14-21-44(58)32-39)43(33-41)36-60-63(56-61-49-10-4-6-12-52(49)71-56)57-62-50-11-5-7-13-53(50)72-57/h3-7,10-27,33-34,36,39,44H,1,8-9,28-32,35,37H2,2H3/b60-36+. The van der Waals surface area contributed by atoms with E-state index >= 15 is 4.39 Å². The highest BCUT2D eigenvalue weighted by atomic mass is 32.1. The van der Waals surface area contributed by atoms with Crippen molar-refractivity contribution in [2.24, 2.45) is 22.4 Å². The predicted molar refractivity (Wildman–Crippen MR) is 283 cm³/mol. The van der Waals surface area contributed by atoms with Gasteiger partial charge in [0.05, 0.1) is 58.5 Å². The van der Waals surface area contributed by atoms with E-state index in [1.165, 1.54) is 28.7 Å². The summed E-state index contributed by atoms with van der Waals surface area (Å²) in [5.74, 6) is 1.71. The molecule has 0 aliphatic heterocycles. The molecular weight excluding hydrogens is 948 g/mol. The van der Waals surface area contributed by atoms with Crippen LogP contribution in [0.15, 0.2) is 163 Å². The quantitative estimate of drug-likeness (QED) is 0.0172. The SMILES string of the molecule is C=CC(=O)OCCCOc1ccc(-c2ccc(-c3ccc(OCc4ccc(OCCCOC(=O)C5(C)CC6C=CC5C6)cc4)c(/C=N/N(c4nc5ccccc5s4)c4nc5ccccc5s4)c3)cc2F)cc1. The number of nitrogens with zero attached hydrogens (tertiary/aromatic N) is 4. The van der Waals surface area contributed by atoms with Crippen LogP contribution in [0.25, 0.3) is 42.7 Å². The first kappa shape index (κ1) is 48.0. The number of benzene rings is 6. The molecule has 2 aliphatic rings. The second kappa shape index (κ2) is 21.8. The molecule has 1 saturated carbocycles. The number of halogens is 1. The molecule has 2 heterocycles. The van der Waals surface area contributed by atoms with Crippen LogP contribution in [-0.2, 0) is 25.7 Å². The molecule has 1 fully saturated rings. The minimum absolute atomic E-state index is 0.110. The maximum atomic E-state index is 16.1. The first-order valence-corrected chi connectivity index (χ1v) is 25.5. The van der Waals surface area contributed by atoms with Gasteiger partial charge in [-0.1, -0.05) is 108 Å². The van der Waals surface area contributed by atoms with Gasteiger partial charge in [-0.25, -0.2) is 19.2 Å². The van der Waals surface area contributed by atoms with Crippen LogP contribution >= 0.6 is 22.7 Å². The van der Waals surface area contributed by atoms with E-state index in [9.17, 15) is 9.59 Å². The molecule has 0 N–H and O–H groups in total. The number of ether oxygens (including phenoxy) is 5. The molecule has 72 heavy (non-hydrogen) atoms. The fourth-order valence-electron chi connectivity index (χ4n) is 9.05. The maximum absolute atomic E-state index is 16.1. The zero-order valence-electron chi connectivity index (χ0n) is 39.6. The second-order valence-corrected chi connectivity index (χ2v) is 19.9. The number of thiazole rings is 2. The van der Waals surface area contributed by atoms with Crippen molar-refractivity contribution in [2.75, 3.05) is 31.4 Å². The van der Waals surface area contributed by atoms with Crippen LogP contribution in [0.5, 0.6) is 17.2 Å². The molecule has 0 spiro atoms. The van der Waals surface area contributed by atoms with Crippen LogP contribution in [0, 0.1) is 23.1 Å². The normalized spacial score (nSPS) is 16.9. The highest BCUT2D eigenvalue weighted by molar-refractivity contribution is 7.24. The zero-order valence-corrected chi connectivity index (χ0v) is 41.2. The van der Waals surface area contributed by atoms with E-state index in [0.29, 0.717) is 88.3 Å². The Balaban J connectivity index is 0.856. The van der Waals surface area contributed by atoms with E-state index in [1.54, 1.807) is 29.4 Å². The summed E-state index contributed by atoms with van der Waals surface area (Å²) in [7, 11) is 0. The fraction of sp³-hybridized carbons (Fsp3) is 0.224. The van der Waals surface area contributed by atoms with Crippen molar-refractivity contribution in [2.45, 2.75) is 39.2 Å². The highest BCUT2D eigenvalue weighted by Crippen LogP contribution is 2.52. The summed E-state index contributed by atoms with van der Waals surface area (Å²) in [4.78, 5) is 34.1. The Kier molecular flexibility index (Phi) is 14.5. The van der Waals surface area contributed by atoms with E-state index in [1.807, 2.05) is 116 Å². The van der Waals surface area contributed by atoms with E-state index in [4.69, 9.17) is 38.8 Å². The summed E-state index contributed by atoms with van der Waals surface area (Å²) in [6.45, 7) is 7.00. The van der Waals surface area contributed by atoms with Gasteiger partial charge in [-0.3, -0.25) is 4.79 Å². The van der Waals surface area contributed by atoms with Gasteiger partial charge in [0, 0.05) is 30.0 Å². The molecule has 14 heteroatoms. The minimum atomic E-state index is -0.471. The van der Waals surface area contributed by atoms with E-state index in [-0.39, 0.29) is 30.9 Å². The van der Waals surface area contributed by atoms with Gasteiger partial charge < -0.3 is 23.7 Å². The van der Waals surface area contributed by atoms with Gasteiger partial charge in [-0.2, -0.15) is 10.1 Å². The third-order valence-corrected chi connectivity index (χ3v) is 15.0. The Bertz CT molecular complexity index is 3160. The van der Waals surface area contributed by atoms with Crippen LogP contribution in [0.3, 0.4) is 0 Å².